The Morgan fingerprint density at radius 1 is 1.14 bits per heavy atom. The van der Waals surface area contributed by atoms with Gasteiger partial charge in [-0.2, -0.15) is 0 Å². The molecule has 0 spiro atoms. The summed E-state index contributed by atoms with van der Waals surface area (Å²) >= 11 is 0. The van der Waals surface area contributed by atoms with Crippen LogP contribution >= 0.6 is 0 Å². The molecular formula is C22H18FN5O. The molecule has 29 heavy (non-hydrogen) atoms. The molecule has 7 heteroatoms. The number of nitrogens with one attached hydrogen (secondary N) is 1. The van der Waals surface area contributed by atoms with Gasteiger partial charge < -0.3 is 4.98 Å². The van der Waals surface area contributed by atoms with Crippen molar-refractivity contribution in [2.45, 2.75) is 19.5 Å². The van der Waals surface area contributed by atoms with E-state index in [1.165, 1.54) is 12.1 Å². The van der Waals surface area contributed by atoms with E-state index >= 15 is 0 Å². The zero-order valence-electron chi connectivity index (χ0n) is 15.6. The number of hydrogen-bond donors (Lipinski definition) is 1. The number of aromatic nitrogens is 4. The molecular weight excluding hydrogens is 369 g/mol. The Bertz CT molecular complexity index is 1260. The summed E-state index contributed by atoms with van der Waals surface area (Å²) < 4.78 is 13.4. The van der Waals surface area contributed by atoms with Crippen molar-refractivity contribution in [1.29, 1.82) is 0 Å². The highest BCUT2D eigenvalue weighted by atomic mass is 19.1. The van der Waals surface area contributed by atoms with Crippen LogP contribution in [0.3, 0.4) is 0 Å². The van der Waals surface area contributed by atoms with Crippen molar-refractivity contribution in [2.75, 3.05) is 6.54 Å². The number of benzene rings is 1. The fourth-order valence-electron chi connectivity index (χ4n) is 3.72. The van der Waals surface area contributed by atoms with Gasteiger partial charge in [-0.3, -0.25) is 19.7 Å². The minimum atomic E-state index is -0.264. The van der Waals surface area contributed by atoms with Crippen LogP contribution in [0.1, 0.15) is 17.0 Å². The quantitative estimate of drug-likeness (QED) is 0.585. The highest BCUT2D eigenvalue weighted by Gasteiger charge is 2.22. The highest BCUT2D eigenvalue weighted by Crippen LogP contribution is 2.20. The third-order valence-electron chi connectivity index (χ3n) is 5.18. The zero-order valence-corrected chi connectivity index (χ0v) is 15.6. The summed E-state index contributed by atoms with van der Waals surface area (Å²) in [6.07, 6.45) is 4.02. The number of aromatic amines is 1. The minimum Gasteiger partial charge on any atom is -0.306 e. The van der Waals surface area contributed by atoms with Crippen molar-refractivity contribution in [1.82, 2.24) is 24.8 Å². The van der Waals surface area contributed by atoms with E-state index in [1.54, 1.807) is 18.5 Å². The van der Waals surface area contributed by atoms with Gasteiger partial charge in [-0.05, 0) is 42.8 Å². The molecule has 0 amide bonds. The van der Waals surface area contributed by atoms with Crippen molar-refractivity contribution in [3.05, 3.63) is 88.0 Å². The maximum atomic E-state index is 13.4. The van der Waals surface area contributed by atoms with Crippen LogP contribution in [0, 0.1) is 5.82 Å². The van der Waals surface area contributed by atoms with Gasteiger partial charge in [-0.1, -0.05) is 6.07 Å². The smallest absolute Gasteiger partial charge is 0.254 e. The fourth-order valence-corrected chi connectivity index (χ4v) is 3.72. The first-order valence-electron chi connectivity index (χ1n) is 9.46. The molecule has 1 aliphatic heterocycles. The molecule has 0 bridgehead atoms. The second kappa shape index (κ2) is 7.18. The summed E-state index contributed by atoms with van der Waals surface area (Å²) in [6.45, 7) is 1.98. The van der Waals surface area contributed by atoms with Crippen LogP contribution in [0.15, 0.2) is 59.7 Å². The van der Waals surface area contributed by atoms with Crippen molar-refractivity contribution >= 4 is 10.9 Å². The molecule has 0 atom stereocenters. The molecule has 4 aromatic rings. The lowest BCUT2D eigenvalue weighted by Gasteiger charge is -2.27. The Labute approximate surface area is 166 Å². The van der Waals surface area contributed by atoms with Crippen LogP contribution < -0.4 is 5.56 Å². The Hall–Kier alpha value is -3.45. The molecule has 0 unspecified atom stereocenters. The second-order valence-corrected chi connectivity index (χ2v) is 7.18. The van der Waals surface area contributed by atoms with Gasteiger partial charge in [0, 0.05) is 48.5 Å². The van der Waals surface area contributed by atoms with E-state index in [2.05, 4.69) is 19.9 Å². The Morgan fingerprint density at radius 3 is 2.93 bits per heavy atom. The lowest BCUT2D eigenvalue weighted by molar-refractivity contribution is 0.238. The molecule has 0 saturated heterocycles. The number of nitrogens with zero attached hydrogens (tertiary/aromatic N) is 4. The summed E-state index contributed by atoms with van der Waals surface area (Å²) in [5, 5.41) is 0.784. The number of rotatable bonds is 3. The molecule has 0 radical (unpaired) electrons. The topological polar surface area (TPSA) is 74.8 Å². The van der Waals surface area contributed by atoms with Gasteiger partial charge in [0.1, 0.15) is 11.6 Å². The zero-order chi connectivity index (χ0) is 19.8. The lowest BCUT2D eigenvalue weighted by Crippen LogP contribution is -2.35. The van der Waals surface area contributed by atoms with E-state index in [0.29, 0.717) is 25.3 Å². The first-order valence-corrected chi connectivity index (χ1v) is 9.46. The van der Waals surface area contributed by atoms with E-state index < -0.39 is 0 Å². The number of fused-ring (bicyclic) bond motifs is 2. The van der Waals surface area contributed by atoms with Crippen LogP contribution in [0.25, 0.3) is 22.3 Å². The van der Waals surface area contributed by atoms with Crippen LogP contribution in [-0.2, 0) is 19.5 Å². The molecule has 3 aromatic heterocycles. The Morgan fingerprint density at radius 2 is 2.07 bits per heavy atom. The van der Waals surface area contributed by atoms with Crippen molar-refractivity contribution in [2.24, 2.45) is 0 Å². The predicted octanol–water partition coefficient (Wildman–Crippen LogP) is 3.08. The average Bonchev–Trinajstić information content (AvgIpc) is 2.74. The second-order valence-electron chi connectivity index (χ2n) is 7.18. The Kier molecular flexibility index (Phi) is 4.37. The summed E-state index contributed by atoms with van der Waals surface area (Å²) in [5.41, 5.74) is 3.92. The van der Waals surface area contributed by atoms with Gasteiger partial charge in [-0.25, -0.2) is 9.37 Å². The number of halogens is 1. The normalized spacial score (nSPS) is 14.1. The Balaban J connectivity index is 1.41. The monoisotopic (exact) mass is 387 g/mol. The van der Waals surface area contributed by atoms with Crippen molar-refractivity contribution < 1.29 is 4.39 Å². The molecule has 0 aliphatic carbocycles. The molecule has 4 heterocycles. The molecule has 1 aromatic carbocycles. The summed E-state index contributed by atoms with van der Waals surface area (Å²) in [4.78, 5) is 31.1. The predicted molar refractivity (Wildman–Crippen MR) is 108 cm³/mol. The summed E-state index contributed by atoms with van der Waals surface area (Å²) in [6, 6.07) is 12.1. The van der Waals surface area contributed by atoms with Gasteiger partial charge in [0.25, 0.3) is 5.56 Å². The fraction of sp³-hybridized carbons (Fsp3) is 0.182. The molecule has 0 fully saturated rings. The molecule has 0 saturated carbocycles. The summed E-state index contributed by atoms with van der Waals surface area (Å²) in [7, 11) is 0. The van der Waals surface area contributed by atoms with Crippen LogP contribution in [0.4, 0.5) is 4.39 Å². The van der Waals surface area contributed by atoms with Gasteiger partial charge in [0.2, 0.25) is 0 Å². The van der Waals surface area contributed by atoms with E-state index in [4.69, 9.17) is 4.98 Å². The third-order valence-corrected chi connectivity index (χ3v) is 5.18. The maximum absolute atomic E-state index is 13.4. The van der Waals surface area contributed by atoms with Crippen LogP contribution in [0.2, 0.25) is 0 Å². The SMILES string of the molecule is O=c1[nH]c(-c2cccnc2)nc2c1CCN(Cc1ccc3cc(F)ccc3n1)C2. The summed E-state index contributed by atoms with van der Waals surface area (Å²) in [5.74, 6) is 0.273. The first-order chi connectivity index (χ1) is 14.2. The van der Waals surface area contributed by atoms with Crippen molar-refractivity contribution in [3.63, 3.8) is 0 Å². The van der Waals surface area contributed by atoms with Crippen LogP contribution in [-0.4, -0.2) is 31.4 Å². The van der Waals surface area contributed by atoms with Crippen molar-refractivity contribution in [3.8, 4) is 11.4 Å². The largest absolute Gasteiger partial charge is 0.306 e. The van der Waals surface area contributed by atoms with E-state index in [9.17, 15) is 9.18 Å². The third kappa shape index (κ3) is 3.52. The maximum Gasteiger partial charge on any atom is 0.254 e. The van der Waals surface area contributed by atoms with Gasteiger partial charge in [0.05, 0.1) is 16.9 Å². The minimum absolute atomic E-state index is 0.0839. The van der Waals surface area contributed by atoms with E-state index in [-0.39, 0.29) is 11.4 Å². The first kappa shape index (κ1) is 17.6. The highest BCUT2D eigenvalue weighted by molar-refractivity contribution is 5.78. The number of pyridine rings is 2. The number of hydrogen-bond acceptors (Lipinski definition) is 5. The van der Waals surface area contributed by atoms with Crippen LogP contribution in [0.5, 0.6) is 0 Å². The van der Waals surface area contributed by atoms with Gasteiger partial charge in [-0.15, -0.1) is 0 Å². The van der Waals surface area contributed by atoms with Gasteiger partial charge in [0.15, 0.2) is 0 Å². The standard InChI is InChI=1S/C22H18FN5O/c23-16-4-6-19-14(10-16)3-5-17(25-19)12-28-9-7-18-20(13-28)26-21(27-22(18)29)15-2-1-8-24-11-15/h1-6,8,10-11H,7,9,12-13H2,(H,26,27,29). The van der Waals surface area contributed by atoms with E-state index in [1.807, 2.05) is 24.3 Å². The molecule has 6 nitrogen and oxygen atoms in total. The lowest BCUT2D eigenvalue weighted by atomic mass is 10.1. The number of H-pyrrole nitrogens is 1. The van der Waals surface area contributed by atoms with E-state index in [0.717, 1.165) is 40.0 Å². The molecule has 5 rings (SSSR count). The molecule has 1 aliphatic rings. The average molecular weight is 387 g/mol. The molecule has 1 N–H and O–H groups in total. The van der Waals surface area contributed by atoms with Gasteiger partial charge >= 0.3 is 0 Å². The molecule has 144 valence electrons.